The van der Waals surface area contributed by atoms with Crippen LogP contribution in [0.4, 0.5) is 0 Å². The molecule has 0 heterocycles. The van der Waals surface area contributed by atoms with E-state index in [1.54, 1.807) is 0 Å². The molecule has 0 bridgehead atoms. The predicted molar refractivity (Wildman–Crippen MR) is 111 cm³/mol. The second-order valence-corrected chi connectivity index (χ2v) is 6.37. The normalized spacial score (nSPS) is 10.5. The fourth-order valence-corrected chi connectivity index (χ4v) is 3.03. The van der Waals surface area contributed by atoms with Crippen LogP contribution in [0.5, 0.6) is 11.5 Å². The highest BCUT2D eigenvalue weighted by Gasteiger charge is 2.12. The lowest BCUT2D eigenvalue weighted by Gasteiger charge is -2.16. The van der Waals surface area contributed by atoms with Crippen molar-refractivity contribution in [3.8, 4) is 11.5 Å². The Bertz CT molecular complexity index is 947. The monoisotopic (exact) mass is 376 g/mol. The van der Waals surface area contributed by atoms with Gasteiger partial charge in [-0.3, -0.25) is 0 Å². The zero-order chi connectivity index (χ0) is 19.8. The molecule has 28 heavy (non-hydrogen) atoms. The Morgan fingerprint density at radius 3 is 2.39 bits per heavy atom. The molecule has 4 nitrogen and oxygen atoms in total. The summed E-state index contributed by atoms with van der Waals surface area (Å²) in [4.78, 5) is 11.1. The van der Waals surface area contributed by atoms with Crippen LogP contribution in [-0.4, -0.2) is 25.8 Å². The van der Waals surface area contributed by atoms with E-state index in [4.69, 9.17) is 14.2 Å². The molecule has 0 N–H and O–H groups in total. The van der Waals surface area contributed by atoms with Crippen LogP contribution < -0.4 is 9.47 Å². The maximum absolute atomic E-state index is 11.1. The van der Waals surface area contributed by atoms with Crippen molar-refractivity contribution in [1.29, 1.82) is 0 Å². The summed E-state index contributed by atoms with van der Waals surface area (Å²) in [5.41, 5.74) is 2.22. The number of ether oxygens (including phenoxy) is 3. The van der Waals surface area contributed by atoms with Gasteiger partial charge in [0, 0.05) is 23.3 Å². The summed E-state index contributed by atoms with van der Waals surface area (Å²) in [5, 5.41) is 1.98. The summed E-state index contributed by atoms with van der Waals surface area (Å²) in [6.45, 7) is 6.42. The minimum atomic E-state index is -0.452. The van der Waals surface area contributed by atoms with Gasteiger partial charge in [0.15, 0.2) is 0 Å². The standard InChI is InChI=1S/C24H24O4/c1-3-23(25)27-15-16-28-24-18(2)17-22(20-11-7-8-12-21(20)24)26-14-13-19-9-5-4-6-10-19/h3-12,17H,1,13-16H2,2H3. The highest BCUT2D eigenvalue weighted by Crippen LogP contribution is 2.36. The highest BCUT2D eigenvalue weighted by molar-refractivity contribution is 5.94. The number of benzene rings is 3. The van der Waals surface area contributed by atoms with Gasteiger partial charge >= 0.3 is 5.97 Å². The molecule has 0 unspecified atom stereocenters. The molecule has 0 radical (unpaired) electrons. The fraction of sp³-hybridized carbons (Fsp3) is 0.208. The van der Waals surface area contributed by atoms with E-state index in [0.717, 1.165) is 40.3 Å². The van der Waals surface area contributed by atoms with E-state index in [-0.39, 0.29) is 13.2 Å². The Morgan fingerprint density at radius 2 is 1.64 bits per heavy atom. The van der Waals surface area contributed by atoms with Gasteiger partial charge in [-0.15, -0.1) is 0 Å². The molecule has 0 saturated carbocycles. The smallest absolute Gasteiger partial charge is 0.330 e. The Hall–Kier alpha value is -3.27. The first kappa shape index (κ1) is 19.5. The fourth-order valence-electron chi connectivity index (χ4n) is 3.03. The summed E-state index contributed by atoms with van der Waals surface area (Å²) in [7, 11) is 0. The van der Waals surface area contributed by atoms with Gasteiger partial charge in [0.2, 0.25) is 0 Å². The van der Waals surface area contributed by atoms with Gasteiger partial charge in [-0.05, 0) is 24.1 Å². The van der Waals surface area contributed by atoms with Crippen LogP contribution in [-0.2, 0) is 16.0 Å². The minimum Gasteiger partial charge on any atom is -0.493 e. The van der Waals surface area contributed by atoms with Crippen LogP contribution in [0.2, 0.25) is 0 Å². The molecular weight excluding hydrogens is 352 g/mol. The summed E-state index contributed by atoms with van der Waals surface area (Å²) >= 11 is 0. The zero-order valence-corrected chi connectivity index (χ0v) is 16.0. The molecule has 0 aromatic heterocycles. The molecule has 144 valence electrons. The van der Waals surface area contributed by atoms with Gasteiger partial charge in [-0.2, -0.15) is 0 Å². The molecule has 3 rings (SSSR count). The lowest BCUT2D eigenvalue weighted by molar-refractivity contribution is -0.138. The van der Waals surface area contributed by atoms with Crippen molar-refractivity contribution in [3.63, 3.8) is 0 Å². The van der Waals surface area contributed by atoms with E-state index in [9.17, 15) is 4.79 Å². The van der Waals surface area contributed by atoms with Crippen LogP contribution >= 0.6 is 0 Å². The molecular formula is C24H24O4. The molecule has 3 aromatic rings. The molecule has 0 amide bonds. The summed E-state index contributed by atoms with van der Waals surface area (Å²) in [5.74, 6) is 1.17. The first-order valence-electron chi connectivity index (χ1n) is 9.30. The van der Waals surface area contributed by atoms with Crippen molar-refractivity contribution in [2.75, 3.05) is 19.8 Å². The van der Waals surface area contributed by atoms with Gasteiger partial charge in [-0.1, -0.05) is 61.2 Å². The van der Waals surface area contributed by atoms with Crippen molar-refractivity contribution < 1.29 is 19.0 Å². The number of fused-ring (bicyclic) bond motifs is 1. The third kappa shape index (κ3) is 4.92. The van der Waals surface area contributed by atoms with E-state index in [0.29, 0.717) is 6.61 Å². The average molecular weight is 376 g/mol. The van der Waals surface area contributed by atoms with Crippen LogP contribution in [0.1, 0.15) is 11.1 Å². The maximum Gasteiger partial charge on any atom is 0.330 e. The van der Waals surface area contributed by atoms with Gasteiger partial charge in [0.05, 0.1) is 6.61 Å². The first-order chi connectivity index (χ1) is 13.7. The molecule has 3 aromatic carbocycles. The topological polar surface area (TPSA) is 44.8 Å². The summed E-state index contributed by atoms with van der Waals surface area (Å²) in [6.07, 6.45) is 1.99. The van der Waals surface area contributed by atoms with Gasteiger partial charge in [0.1, 0.15) is 24.7 Å². The number of esters is 1. The molecule has 0 fully saturated rings. The molecule has 4 heteroatoms. The van der Waals surface area contributed by atoms with E-state index in [1.807, 2.05) is 55.5 Å². The van der Waals surface area contributed by atoms with Crippen LogP contribution in [0.25, 0.3) is 10.8 Å². The zero-order valence-electron chi connectivity index (χ0n) is 16.0. The van der Waals surface area contributed by atoms with Gasteiger partial charge in [-0.25, -0.2) is 4.79 Å². The van der Waals surface area contributed by atoms with Crippen LogP contribution in [0.3, 0.4) is 0 Å². The van der Waals surface area contributed by atoms with Crippen molar-refractivity contribution in [2.45, 2.75) is 13.3 Å². The number of aryl methyl sites for hydroxylation is 1. The largest absolute Gasteiger partial charge is 0.493 e. The highest BCUT2D eigenvalue weighted by atomic mass is 16.6. The van der Waals surface area contributed by atoms with Gasteiger partial charge in [0.25, 0.3) is 0 Å². The van der Waals surface area contributed by atoms with Crippen molar-refractivity contribution in [3.05, 3.63) is 84.4 Å². The second kappa shape index (κ2) is 9.60. The second-order valence-electron chi connectivity index (χ2n) is 6.37. The summed E-state index contributed by atoms with van der Waals surface area (Å²) < 4.78 is 17.0. The Morgan fingerprint density at radius 1 is 0.929 bits per heavy atom. The minimum absolute atomic E-state index is 0.175. The molecule has 0 aliphatic heterocycles. The number of carbonyl (C=O) groups is 1. The number of hydrogen-bond acceptors (Lipinski definition) is 4. The summed E-state index contributed by atoms with van der Waals surface area (Å²) in [6, 6.07) is 20.3. The lowest BCUT2D eigenvalue weighted by Crippen LogP contribution is -2.11. The number of hydrogen-bond donors (Lipinski definition) is 0. The lowest BCUT2D eigenvalue weighted by atomic mass is 10.0. The predicted octanol–water partition coefficient (Wildman–Crippen LogP) is 4.88. The Labute approximate surface area is 165 Å². The quantitative estimate of drug-likeness (QED) is 0.303. The molecule has 0 spiro atoms. The van der Waals surface area contributed by atoms with Gasteiger partial charge < -0.3 is 14.2 Å². The maximum atomic E-state index is 11.1. The van der Waals surface area contributed by atoms with Crippen LogP contribution in [0, 0.1) is 6.92 Å². The third-order valence-corrected chi connectivity index (χ3v) is 4.37. The van der Waals surface area contributed by atoms with E-state index in [1.165, 1.54) is 5.56 Å². The van der Waals surface area contributed by atoms with Crippen molar-refractivity contribution >= 4 is 16.7 Å². The van der Waals surface area contributed by atoms with Crippen LogP contribution in [0.15, 0.2) is 73.3 Å². The third-order valence-electron chi connectivity index (χ3n) is 4.37. The number of rotatable bonds is 9. The SMILES string of the molecule is C=CC(=O)OCCOc1c(C)cc(OCCc2ccccc2)c2ccccc12. The molecule has 0 atom stereocenters. The number of carbonyl (C=O) groups excluding carboxylic acids is 1. The Balaban J connectivity index is 1.72. The first-order valence-corrected chi connectivity index (χ1v) is 9.30. The average Bonchev–Trinajstić information content (AvgIpc) is 2.73. The van der Waals surface area contributed by atoms with E-state index in [2.05, 4.69) is 18.7 Å². The van der Waals surface area contributed by atoms with Crippen molar-refractivity contribution in [2.24, 2.45) is 0 Å². The molecule has 0 saturated heterocycles. The molecule has 0 aliphatic carbocycles. The molecule has 0 aliphatic rings. The van der Waals surface area contributed by atoms with E-state index >= 15 is 0 Å². The van der Waals surface area contributed by atoms with E-state index < -0.39 is 5.97 Å². The van der Waals surface area contributed by atoms with Crippen molar-refractivity contribution in [1.82, 2.24) is 0 Å². The Kier molecular flexibility index (Phi) is 6.68.